The lowest BCUT2D eigenvalue weighted by molar-refractivity contribution is 0.339. The summed E-state index contributed by atoms with van der Waals surface area (Å²) in [6.45, 7) is 4.87. The van der Waals surface area contributed by atoms with Crippen molar-refractivity contribution in [2.75, 3.05) is 23.4 Å². The number of benzene rings is 1. The molecule has 1 aliphatic rings. The molecule has 1 aromatic carbocycles. The maximum atomic E-state index is 11.7. The van der Waals surface area contributed by atoms with Crippen LogP contribution in [0.5, 0.6) is 0 Å². The van der Waals surface area contributed by atoms with Crippen LogP contribution in [0.2, 0.25) is 0 Å². The Bertz CT molecular complexity index is 614. The zero-order valence-electron chi connectivity index (χ0n) is 12.5. The number of hydrogen-bond donors (Lipinski definition) is 1. The molecule has 0 saturated carbocycles. The highest BCUT2D eigenvalue weighted by molar-refractivity contribution is 7.91. The Labute approximate surface area is 132 Å². The third-order valence-corrected chi connectivity index (χ3v) is 5.85. The molecule has 1 atom stereocenters. The first-order valence-corrected chi connectivity index (χ1v) is 9.49. The molecule has 2 rings (SSSR count). The van der Waals surface area contributed by atoms with Crippen LogP contribution in [-0.2, 0) is 9.84 Å². The molecule has 1 heterocycles. The molecule has 0 amide bonds. The molecule has 0 aromatic heterocycles. The van der Waals surface area contributed by atoms with Crippen molar-refractivity contribution in [1.29, 1.82) is 0 Å². The highest BCUT2D eigenvalue weighted by Crippen LogP contribution is 2.20. The molecule has 4 nitrogen and oxygen atoms in total. The third kappa shape index (κ3) is 4.17. The topological polar surface area (TPSA) is 49.4 Å². The average molecular weight is 326 g/mol. The summed E-state index contributed by atoms with van der Waals surface area (Å²) in [5.74, 6) is 0.480. The number of nitrogens with one attached hydrogen (secondary N) is 1. The van der Waals surface area contributed by atoms with E-state index in [9.17, 15) is 8.42 Å². The molecular weight excluding hydrogens is 304 g/mol. The van der Waals surface area contributed by atoms with Gasteiger partial charge in [0.15, 0.2) is 14.9 Å². The normalized spacial score (nSPS) is 20.2. The van der Waals surface area contributed by atoms with Crippen LogP contribution >= 0.6 is 12.2 Å². The van der Waals surface area contributed by atoms with E-state index in [4.69, 9.17) is 12.2 Å². The van der Waals surface area contributed by atoms with Crippen molar-refractivity contribution in [2.24, 2.45) is 0 Å². The van der Waals surface area contributed by atoms with Crippen LogP contribution in [0.4, 0.5) is 5.69 Å². The van der Waals surface area contributed by atoms with Gasteiger partial charge >= 0.3 is 0 Å². The maximum Gasteiger partial charge on any atom is 0.173 e. The average Bonchev–Trinajstić information content (AvgIpc) is 2.78. The molecule has 1 N–H and O–H groups in total. The van der Waals surface area contributed by atoms with Crippen LogP contribution in [0.1, 0.15) is 25.3 Å². The molecular formula is C15H22N2O2S2. The largest absolute Gasteiger partial charge is 0.345 e. The Morgan fingerprint density at radius 1 is 1.43 bits per heavy atom. The second kappa shape index (κ2) is 6.75. The van der Waals surface area contributed by atoms with Gasteiger partial charge in [0.05, 0.1) is 11.5 Å². The number of anilines is 1. The van der Waals surface area contributed by atoms with Crippen molar-refractivity contribution in [2.45, 2.75) is 32.7 Å². The predicted molar refractivity (Wildman–Crippen MR) is 91.5 cm³/mol. The van der Waals surface area contributed by atoms with E-state index in [0.717, 1.165) is 24.2 Å². The number of para-hydroxylation sites is 1. The number of rotatable bonds is 4. The van der Waals surface area contributed by atoms with E-state index in [2.05, 4.69) is 12.2 Å². The Morgan fingerprint density at radius 2 is 2.14 bits per heavy atom. The zero-order chi connectivity index (χ0) is 15.5. The highest BCUT2D eigenvalue weighted by Gasteiger charge is 2.33. The van der Waals surface area contributed by atoms with Gasteiger partial charge in [-0.1, -0.05) is 25.1 Å². The monoisotopic (exact) mass is 326 g/mol. The van der Waals surface area contributed by atoms with E-state index in [1.807, 2.05) is 36.1 Å². The van der Waals surface area contributed by atoms with Gasteiger partial charge in [0.2, 0.25) is 0 Å². The minimum atomic E-state index is -2.90. The summed E-state index contributed by atoms with van der Waals surface area (Å²) >= 11 is 5.51. The van der Waals surface area contributed by atoms with Gasteiger partial charge in [0.25, 0.3) is 0 Å². The standard InChI is InChI=1S/C15H22N2O2S2/c1-3-9-17(13-8-10-21(18,19)11-13)15(20)16-14-7-5-4-6-12(14)2/h4-7,13H,3,8-11H2,1-2H3,(H,16,20)/t13-/m1/s1. The van der Waals surface area contributed by atoms with Crippen LogP contribution in [0, 0.1) is 6.92 Å². The van der Waals surface area contributed by atoms with E-state index < -0.39 is 9.84 Å². The van der Waals surface area contributed by atoms with Gasteiger partial charge in [-0.2, -0.15) is 0 Å². The summed E-state index contributed by atoms with van der Waals surface area (Å²) < 4.78 is 23.4. The molecule has 0 spiro atoms. The summed E-state index contributed by atoms with van der Waals surface area (Å²) in [5.41, 5.74) is 2.10. The summed E-state index contributed by atoms with van der Waals surface area (Å²) in [4.78, 5) is 2.03. The molecule has 1 fully saturated rings. The lowest BCUT2D eigenvalue weighted by atomic mass is 10.2. The Hall–Kier alpha value is -1.14. The first kappa shape index (κ1) is 16.2. The van der Waals surface area contributed by atoms with Crippen molar-refractivity contribution in [3.63, 3.8) is 0 Å². The molecule has 0 bridgehead atoms. The first-order chi connectivity index (χ1) is 9.93. The smallest absolute Gasteiger partial charge is 0.173 e. The minimum Gasteiger partial charge on any atom is -0.345 e. The van der Waals surface area contributed by atoms with Crippen molar-refractivity contribution < 1.29 is 8.42 Å². The second-order valence-corrected chi connectivity index (χ2v) is 8.11. The molecule has 1 saturated heterocycles. The van der Waals surface area contributed by atoms with E-state index in [-0.39, 0.29) is 17.5 Å². The zero-order valence-corrected chi connectivity index (χ0v) is 14.1. The van der Waals surface area contributed by atoms with E-state index in [1.54, 1.807) is 0 Å². The Balaban J connectivity index is 2.11. The molecule has 0 radical (unpaired) electrons. The Kier molecular flexibility index (Phi) is 5.22. The lowest BCUT2D eigenvalue weighted by Crippen LogP contribution is -2.44. The minimum absolute atomic E-state index is 0.000955. The van der Waals surface area contributed by atoms with Crippen LogP contribution in [0.3, 0.4) is 0 Å². The van der Waals surface area contributed by atoms with Gasteiger partial charge in [-0.05, 0) is 43.6 Å². The summed E-state index contributed by atoms with van der Waals surface area (Å²) in [5, 5.41) is 3.88. The summed E-state index contributed by atoms with van der Waals surface area (Å²) in [6, 6.07) is 7.95. The molecule has 0 aliphatic carbocycles. The van der Waals surface area contributed by atoms with Gasteiger partial charge in [-0.25, -0.2) is 8.42 Å². The van der Waals surface area contributed by atoms with Crippen molar-refractivity contribution in [3.8, 4) is 0 Å². The Morgan fingerprint density at radius 3 is 2.71 bits per heavy atom. The maximum absolute atomic E-state index is 11.7. The quantitative estimate of drug-likeness (QED) is 0.862. The van der Waals surface area contributed by atoms with E-state index in [1.165, 1.54) is 0 Å². The third-order valence-electron chi connectivity index (χ3n) is 3.76. The number of thiocarbonyl (C=S) groups is 1. The van der Waals surface area contributed by atoms with Crippen molar-refractivity contribution in [3.05, 3.63) is 29.8 Å². The first-order valence-electron chi connectivity index (χ1n) is 7.26. The SMILES string of the molecule is CCCN(C(=S)Nc1ccccc1C)[C@@H]1CCS(=O)(=O)C1. The van der Waals surface area contributed by atoms with Crippen molar-refractivity contribution >= 4 is 32.9 Å². The number of aryl methyl sites for hydroxylation is 1. The van der Waals surface area contributed by atoms with Gasteiger partial charge in [-0.3, -0.25) is 0 Å². The summed E-state index contributed by atoms with van der Waals surface area (Å²) in [6.07, 6.45) is 1.60. The molecule has 6 heteroatoms. The highest BCUT2D eigenvalue weighted by atomic mass is 32.2. The van der Waals surface area contributed by atoms with Crippen LogP contribution in [0.15, 0.2) is 24.3 Å². The fourth-order valence-corrected chi connectivity index (χ4v) is 4.69. The van der Waals surface area contributed by atoms with Gasteiger partial charge in [0, 0.05) is 18.3 Å². The number of hydrogen-bond acceptors (Lipinski definition) is 3. The van der Waals surface area contributed by atoms with E-state index >= 15 is 0 Å². The fourth-order valence-electron chi connectivity index (χ4n) is 2.61. The fraction of sp³-hybridized carbons (Fsp3) is 0.533. The number of sulfone groups is 1. The number of nitrogens with zero attached hydrogens (tertiary/aromatic N) is 1. The molecule has 21 heavy (non-hydrogen) atoms. The van der Waals surface area contributed by atoms with Crippen LogP contribution in [0.25, 0.3) is 0 Å². The van der Waals surface area contributed by atoms with Gasteiger partial charge in [0.1, 0.15) is 0 Å². The molecule has 1 aliphatic heterocycles. The van der Waals surface area contributed by atoms with Crippen LogP contribution < -0.4 is 5.32 Å². The van der Waals surface area contributed by atoms with Crippen molar-refractivity contribution in [1.82, 2.24) is 4.90 Å². The molecule has 1 aromatic rings. The van der Waals surface area contributed by atoms with Crippen LogP contribution in [-0.4, -0.2) is 42.5 Å². The van der Waals surface area contributed by atoms with E-state index in [0.29, 0.717) is 11.5 Å². The van der Waals surface area contributed by atoms with Gasteiger partial charge in [-0.15, -0.1) is 0 Å². The summed E-state index contributed by atoms with van der Waals surface area (Å²) in [7, 11) is -2.90. The second-order valence-electron chi connectivity index (χ2n) is 5.50. The molecule has 0 unspecified atom stereocenters. The predicted octanol–water partition coefficient (Wildman–Crippen LogP) is 2.59. The molecule has 116 valence electrons. The van der Waals surface area contributed by atoms with Gasteiger partial charge < -0.3 is 10.2 Å². The lowest BCUT2D eigenvalue weighted by Gasteiger charge is -2.31.